The smallest absolute Gasteiger partial charge is 0.269 e. The predicted octanol–water partition coefficient (Wildman–Crippen LogP) is 4.05. The van der Waals surface area contributed by atoms with E-state index in [4.69, 9.17) is 4.74 Å². The highest BCUT2D eigenvalue weighted by atomic mass is 32.2. The van der Waals surface area contributed by atoms with Gasteiger partial charge in [0.15, 0.2) is 0 Å². The van der Waals surface area contributed by atoms with Gasteiger partial charge < -0.3 is 4.74 Å². The van der Waals surface area contributed by atoms with Crippen molar-refractivity contribution in [2.75, 3.05) is 11.5 Å². The minimum absolute atomic E-state index is 0.0501. The van der Waals surface area contributed by atoms with E-state index >= 15 is 0 Å². The number of rotatable bonds is 4. The van der Waals surface area contributed by atoms with Gasteiger partial charge in [0.05, 0.1) is 22.1 Å². The molecule has 0 bridgehead atoms. The number of hydrogen-bond acceptors (Lipinski definition) is 6. The summed E-state index contributed by atoms with van der Waals surface area (Å²) in [5.41, 5.74) is 1.88. The maximum Gasteiger partial charge on any atom is 0.269 e. The lowest BCUT2D eigenvalue weighted by Gasteiger charge is -2.30. The van der Waals surface area contributed by atoms with Gasteiger partial charge in [0.25, 0.3) is 11.4 Å². The molecule has 1 saturated heterocycles. The molecule has 0 spiro atoms. The van der Waals surface area contributed by atoms with Gasteiger partial charge in [0.1, 0.15) is 0 Å². The number of hydrogen-bond donors (Lipinski definition) is 0. The van der Waals surface area contributed by atoms with E-state index in [1.807, 2.05) is 0 Å². The first kappa shape index (κ1) is 16.4. The van der Waals surface area contributed by atoms with Crippen molar-refractivity contribution in [2.24, 2.45) is 0 Å². The molecule has 0 saturated carbocycles. The van der Waals surface area contributed by atoms with Crippen LogP contribution in [-0.4, -0.2) is 21.4 Å². The summed E-state index contributed by atoms with van der Waals surface area (Å²) in [6.45, 7) is 0. The molecule has 124 valence electrons. The average molecular weight is 346 g/mol. The standard InChI is InChI=1S/C16H14N2O5S/c19-17(20)13-5-1-11(2-6-13)15-9-24-10-16(23-15)12-3-7-14(8-4-12)18(21)22/h1-8,15-16H,9-10H2/t15-,16+. The average Bonchev–Trinajstić information content (AvgIpc) is 2.62. The highest BCUT2D eigenvalue weighted by Gasteiger charge is 2.26. The zero-order valence-electron chi connectivity index (χ0n) is 12.5. The van der Waals surface area contributed by atoms with Crippen molar-refractivity contribution in [1.29, 1.82) is 0 Å². The van der Waals surface area contributed by atoms with Gasteiger partial charge in [-0.1, -0.05) is 0 Å². The molecule has 2 atom stereocenters. The second-order valence-corrected chi connectivity index (χ2v) is 6.42. The van der Waals surface area contributed by atoms with Crippen LogP contribution in [0.3, 0.4) is 0 Å². The van der Waals surface area contributed by atoms with Crippen LogP contribution in [0.4, 0.5) is 11.4 Å². The Morgan fingerprint density at radius 2 is 1.17 bits per heavy atom. The van der Waals surface area contributed by atoms with Crippen LogP contribution in [0.25, 0.3) is 0 Å². The molecule has 1 aliphatic heterocycles. The zero-order valence-corrected chi connectivity index (χ0v) is 13.3. The Hall–Kier alpha value is -2.45. The van der Waals surface area contributed by atoms with Gasteiger partial charge in [0.2, 0.25) is 0 Å². The van der Waals surface area contributed by atoms with Gasteiger partial charge in [-0.3, -0.25) is 20.2 Å². The van der Waals surface area contributed by atoms with Gasteiger partial charge in [-0.2, -0.15) is 11.8 Å². The van der Waals surface area contributed by atoms with E-state index in [0.29, 0.717) is 0 Å². The molecule has 2 aromatic carbocycles. The summed E-state index contributed by atoms with van der Waals surface area (Å²) in [6.07, 6.45) is -0.325. The highest BCUT2D eigenvalue weighted by Crippen LogP contribution is 2.37. The van der Waals surface area contributed by atoms with E-state index in [1.165, 1.54) is 24.3 Å². The van der Waals surface area contributed by atoms with Crippen molar-refractivity contribution in [1.82, 2.24) is 0 Å². The zero-order chi connectivity index (χ0) is 17.1. The molecule has 0 aromatic heterocycles. The second-order valence-electron chi connectivity index (χ2n) is 5.35. The van der Waals surface area contributed by atoms with Gasteiger partial charge in [-0.25, -0.2) is 0 Å². The largest absolute Gasteiger partial charge is 0.364 e. The van der Waals surface area contributed by atoms with Crippen molar-refractivity contribution in [3.63, 3.8) is 0 Å². The van der Waals surface area contributed by atoms with Crippen LogP contribution in [0.5, 0.6) is 0 Å². The van der Waals surface area contributed by atoms with E-state index in [2.05, 4.69) is 0 Å². The molecule has 24 heavy (non-hydrogen) atoms. The van der Waals surface area contributed by atoms with Crippen molar-refractivity contribution >= 4 is 23.1 Å². The van der Waals surface area contributed by atoms with E-state index in [0.717, 1.165) is 22.6 Å². The summed E-state index contributed by atoms with van der Waals surface area (Å²) in [4.78, 5) is 20.6. The molecule has 0 unspecified atom stereocenters. The number of thioether (sulfide) groups is 1. The van der Waals surface area contributed by atoms with Crippen LogP contribution in [-0.2, 0) is 4.74 Å². The number of nitrogens with zero attached hydrogens (tertiary/aromatic N) is 2. The van der Waals surface area contributed by atoms with E-state index in [-0.39, 0.29) is 23.6 Å². The van der Waals surface area contributed by atoms with Gasteiger partial charge >= 0.3 is 0 Å². The monoisotopic (exact) mass is 346 g/mol. The highest BCUT2D eigenvalue weighted by molar-refractivity contribution is 7.99. The Kier molecular flexibility index (Phi) is 4.77. The maximum atomic E-state index is 10.7. The topological polar surface area (TPSA) is 95.5 Å². The molecule has 0 N–H and O–H groups in total. The molecular weight excluding hydrogens is 332 g/mol. The quantitative estimate of drug-likeness (QED) is 0.612. The molecule has 2 aromatic rings. The first-order chi connectivity index (χ1) is 11.5. The van der Waals surface area contributed by atoms with Gasteiger partial charge in [-0.15, -0.1) is 0 Å². The number of ether oxygens (including phenoxy) is 1. The molecular formula is C16H14N2O5S. The lowest BCUT2D eigenvalue weighted by atomic mass is 10.1. The molecule has 1 heterocycles. The Balaban J connectivity index is 1.74. The maximum absolute atomic E-state index is 10.7. The normalized spacial score (nSPS) is 20.5. The first-order valence-electron chi connectivity index (χ1n) is 7.26. The summed E-state index contributed by atoms with van der Waals surface area (Å²) in [5.74, 6) is 1.53. The van der Waals surface area contributed by atoms with Crippen LogP contribution in [0, 0.1) is 20.2 Å². The third-order valence-corrected chi connectivity index (χ3v) is 4.90. The van der Waals surface area contributed by atoms with Crippen molar-refractivity contribution in [3.8, 4) is 0 Å². The summed E-state index contributed by atoms with van der Waals surface area (Å²) in [7, 11) is 0. The molecule has 0 aliphatic carbocycles. The lowest BCUT2D eigenvalue weighted by Crippen LogP contribution is -2.20. The third-order valence-electron chi connectivity index (χ3n) is 3.82. The number of nitro groups is 2. The van der Waals surface area contributed by atoms with Crippen molar-refractivity contribution < 1.29 is 14.6 Å². The second kappa shape index (κ2) is 6.98. The summed E-state index contributed by atoms with van der Waals surface area (Å²) < 4.78 is 6.10. The Morgan fingerprint density at radius 3 is 1.50 bits per heavy atom. The fourth-order valence-electron chi connectivity index (χ4n) is 2.53. The first-order valence-corrected chi connectivity index (χ1v) is 8.42. The summed E-state index contributed by atoms with van der Waals surface area (Å²) in [5, 5.41) is 21.4. The minimum atomic E-state index is -0.431. The van der Waals surface area contributed by atoms with Crippen LogP contribution < -0.4 is 0 Å². The van der Waals surface area contributed by atoms with Gasteiger partial charge in [0, 0.05) is 35.8 Å². The van der Waals surface area contributed by atoms with Crippen molar-refractivity contribution in [3.05, 3.63) is 79.9 Å². The lowest BCUT2D eigenvalue weighted by molar-refractivity contribution is -0.385. The molecule has 0 radical (unpaired) electrons. The molecule has 1 fully saturated rings. The summed E-state index contributed by atoms with van der Waals surface area (Å²) >= 11 is 1.73. The number of nitro benzene ring substituents is 2. The molecule has 1 aliphatic rings. The van der Waals surface area contributed by atoms with Crippen LogP contribution in [0.1, 0.15) is 23.3 Å². The van der Waals surface area contributed by atoms with Crippen molar-refractivity contribution in [2.45, 2.75) is 12.2 Å². The van der Waals surface area contributed by atoms with Crippen LogP contribution in [0.2, 0.25) is 0 Å². The number of non-ortho nitro benzene ring substituents is 2. The van der Waals surface area contributed by atoms with E-state index in [9.17, 15) is 20.2 Å². The molecule has 0 amide bonds. The van der Waals surface area contributed by atoms with Crippen LogP contribution in [0.15, 0.2) is 48.5 Å². The fraction of sp³-hybridized carbons (Fsp3) is 0.250. The fourth-order valence-corrected chi connectivity index (χ4v) is 3.64. The predicted molar refractivity (Wildman–Crippen MR) is 90.1 cm³/mol. The minimum Gasteiger partial charge on any atom is -0.364 e. The Labute approximate surface area is 141 Å². The molecule has 7 nitrogen and oxygen atoms in total. The van der Waals surface area contributed by atoms with E-state index in [1.54, 1.807) is 36.0 Å². The van der Waals surface area contributed by atoms with Gasteiger partial charge in [-0.05, 0) is 35.4 Å². The van der Waals surface area contributed by atoms with E-state index < -0.39 is 9.85 Å². The molecule has 3 rings (SSSR count). The molecule has 8 heteroatoms. The Bertz CT molecular complexity index is 685. The third kappa shape index (κ3) is 3.55. The van der Waals surface area contributed by atoms with Crippen LogP contribution >= 0.6 is 11.8 Å². The SMILES string of the molecule is O=[N+]([O-])c1ccc([C@@H]2CSC[C@H](c3ccc([N+](=O)[O-])cc3)O2)cc1. The Morgan fingerprint density at radius 1 is 0.792 bits per heavy atom. The number of benzene rings is 2. The summed E-state index contributed by atoms with van der Waals surface area (Å²) in [6, 6.07) is 12.7.